The van der Waals surface area contributed by atoms with Crippen LogP contribution in [0.5, 0.6) is 0 Å². The first-order chi connectivity index (χ1) is 8.65. The van der Waals surface area contributed by atoms with Crippen molar-refractivity contribution in [3.8, 4) is 0 Å². The van der Waals surface area contributed by atoms with Crippen LogP contribution < -0.4 is 0 Å². The first-order valence-corrected chi connectivity index (χ1v) is 6.95. The van der Waals surface area contributed by atoms with E-state index in [2.05, 4.69) is 0 Å². The third kappa shape index (κ3) is 4.35. The van der Waals surface area contributed by atoms with Gasteiger partial charge in [-0.05, 0) is 33.6 Å². The van der Waals surface area contributed by atoms with E-state index >= 15 is 0 Å². The van der Waals surface area contributed by atoms with Crippen LogP contribution in [0.3, 0.4) is 0 Å². The maximum atomic E-state index is 11.9. The molecule has 6 heteroatoms. The first-order valence-electron chi connectivity index (χ1n) is 6.41. The van der Waals surface area contributed by atoms with E-state index in [0.29, 0.717) is 18.8 Å². The van der Waals surface area contributed by atoms with Crippen LogP contribution in [0.25, 0.3) is 0 Å². The molecule has 1 unspecified atom stereocenters. The zero-order valence-electron chi connectivity index (χ0n) is 11.9. The molecule has 19 heavy (non-hydrogen) atoms. The summed E-state index contributed by atoms with van der Waals surface area (Å²) < 4.78 is 5.68. The number of alkyl halides is 1. The lowest BCUT2D eigenvalue weighted by atomic mass is 10.1. The summed E-state index contributed by atoms with van der Waals surface area (Å²) in [5.41, 5.74) is -0.457. The quantitative estimate of drug-likeness (QED) is 0.784. The lowest BCUT2D eigenvalue weighted by Gasteiger charge is -2.33. The molecule has 0 aliphatic carbocycles. The molecular formula is C13H22ClNO4. The minimum Gasteiger partial charge on any atom is -0.480 e. The summed E-state index contributed by atoms with van der Waals surface area (Å²) in [4.78, 5) is 24.7. The fourth-order valence-electron chi connectivity index (χ4n) is 2.39. The van der Waals surface area contributed by atoms with Gasteiger partial charge in [0, 0.05) is 18.8 Å². The number of nitrogens with zero attached hydrogens (tertiary/aromatic N) is 1. The zero-order chi connectivity index (χ0) is 14.8. The Kier molecular flexibility index (Phi) is 5.21. The highest BCUT2D eigenvalue weighted by Gasteiger charge is 2.41. The molecule has 0 saturated carbocycles. The molecule has 1 N–H and O–H groups in total. The summed E-state index contributed by atoms with van der Waals surface area (Å²) >= 11 is 5.75. The minimum atomic E-state index is -1.04. The van der Waals surface area contributed by atoms with Crippen molar-refractivity contribution in [3.63, 3.8) is 0 Å². The Hall–Kier alpha value is -0.810. The second-order valence-electron chi connectivity index (χ2n) is 5.99. The van der Waals surface area contributed by atoms with Gasteiger partial charge in [-0.15, -0.1) is 11.6 Å². The van der Waals surface area contributed by atoms with Crippen LogP contribution in [-0.2, 0) is 14.3 Å². The first kappa shape index (κ1) is 16.2. The largest absolute Gasteiger partial charge is 0.480 e. The van der Waals surface area contributed by atoms with E-state index in [1.807, 2.05) is 20.8 Å². The lowest BCUT2D eigenvalue weighted by Crippen LogP contribution is -2.51. The van der Waals surface area contributed by atoms with Gasteiger partial charge in [-0.2, -0.15) is 0 Å². The molecule has 0 spiro atoms. The molecule has 1 saturated heterocycles. The number of hydrogen-bond donors (Lipinski definition) is 1. The molecule has 0 bridgehead atoms. The average molecular weight is 292 g/mol. The summed E-state index contributed by atoms with van der Waals surface area (Å²) in [6.45, 7) is 7.64. The molecule has 0 aromatic heterocycles. The highest BCUT2D eigenvalue weighted by molar-refractivity contribution is 6.18. The zero-order valence-corrected chi connectivity index (χ0v) is 12.6. The second kappa shape index (κ2) is 6.09. The number of ether oxygens (including phenoxy) is 1. The maximum Gasteiger partial charge on any atom is 0.329 e. The molecule has 0 radical (unpaired) electrons. The molecule has 1 rings (SSSR count). The Bertz CT molecular complexity index is 353. The number of hydrogen-bond acceptors (Lipinski definition) is 3. The van der Waals surface area contributed by atoms with Crippen molar-refractivity contribution in [1.82, 2.24) is 4.90 Å². The van der Waals surface area contributed by atoms with Gasteiger partial charge in [0.1, 0.15) is 0 Å². The van der Waals surface area contributed by atoms with Gasteiger partial charge in [0.05, 0.1) is 11.7 Å². The summed E-state index contributed by atoms with van der Waals surface area (Å²) in [5.74, 6) is -0.816. The van der Waals surface area contributed by atoms with Crippen LogP contribution in [0.1, 0.15) is 34.1 Å². The SMILES string of the molecule is C[C@H](OC(C)(C)C)[C@H](C(=O)O)N1CC(CCl)CC1=O. The lowest BCUT2D eigenvalue weighted by molar-refractivity contribution is -0.160. The molecule has 0 aromatic carbocycles. The monoisotopic (exact) mass is 291 g/mol. The van der Waals surface area contributed by atoms with Crippen molar-refractivity contribution in [2.75, 3.05) is 12.4 Å². The predicted molar refractivity (Wildman–Crippen MR) is 72.3 cm³/mol. The van der Waals surface area contributed by atoms with E-state index in [1.54, 1.807) is 6.92 Å². The molecule has 110 valence electrons. The van der Waals surface area contributed by atoms with E-state index in [0.717, 1.165) is 0 Å². The highest BCUT2D eigenvalue weighted by Crippen LogP contribution is 2.25. The van der Waals surface area contributed by atoms with Crippen LogP contribution in [0.4, 0.5) is 0 Å². The molecule has 5 nitrogen and oxygen atoms in total. The van der Waals surface area contributed by atoms with E-state index in [4.69, 9.17) is 16.3 Å². The number of aliphatic carboxylic acids is 1. The molecule has 1 amide bonds. The second-order valence-corrected chi connectivity index (χ2v) is 6.30. The number of carbonyl (C=O) groups is 2. The topological polar surface area (TPSA) is 66.8 Å². The van der Waals surface area contributed by atoms with Crippen molar-refractivity contribution in [2.24, 2.45) is 5.92 Å². The van der Waals surface area contributed by atoms with Crippen LogP contribution in [0.15, 0.2) is 0 Å². The van der Waals surface area contributed by atoms with Gasteiger partial charge in [-0.3, -0.25) is 4.79 Å². The van der Waals surface area contributed by atoms with Gasteiger partial charge < -0.3 is 14.7 Å². The Balaban J connectivity index is 2.84. The molecule has 1 aliphatic rings. The van der Waals surface area contributed by atoms with Gasteiger partial charge in [-0.1, -0.05) is 0 Å². The standard InChI is InChI=1S/C13H22ClNO4/c1-8(19-13(2,3)4)11(12(17)18)15-7-9(6-14)5-10(15)16/h8-9,11H,5-7H2,1-4H3,(H,17,18)/t8-,9?,11+/m0/s1. The normalized spacial score (nSPS) is 23.5. The smallest absolute Gasteiger partial charge is 0.329 e. The Morgan fingerprint density at radius 1 is 1.58 bits per heavy atom. The van der Waals surface area contributed by atoms with Gasteiger partial charge in [0.2, 0.25) is 5.91 Å². The number of carboxylic acids is 1. The molecule has 3 atom stereocenters. The van der Waals surface area contributed by atoms with E-state index in [-0.39, 0.29) is 11.8 Å². The summed E-state index contributed by atoms with van der Waals surface area (Å²) in [5, 5.41) is 9.37. The molecule has 1 fully saturated rings. The van der Waals surface area contributed by atoms with Gasteiger partial charge >= 0.3 is 5.97 Å². The maximum absolute atomic E-state index is 11.9. The third-order valence-corrected chi connectivity index (χ3v) is 3.47. The van der Waals surface area contributed by atoms with E-state index in [1.165, 1.54) is 4.90 Å². The summed E-state index contributed by atoms with van der Waals surface area (Å²) in [6, 6.07) is -0.958. The molecule has 1 aliphatic heterocycles. The Morgan fingerprint density at radius 2 is 2.16 bits per heavy atom. The third-order valence-electron chi connectivity index (χ3n) is 3.03. The van der Waals surface area contributed by atoms with Gasteiger partial charge in [0.15, 0.2) is 6.04 Å². The minimum absolute atomic E-state index is 0.0258. The molecule has 1 heterocycles. The Morgan fingerprint density at radius 3 is 2.53 bits per heavy atom. The van der Waals surface area contributed by atoms with Crippen molar-refractivity contribution in [3.05, 3.63) is 0 Å². The van der Waals surface area contributed by atoms with E-state index in [9.17, 15) is 14.7 Å². The van der Waals surface area contributed by atoms with Crippen molar-refractivity contribution < 1.29 is 19.4 Å². The van der Waals surface area contributed by atoms with Crippen molar-refractivity contribution in [2.45, 2.75) is 51.9 Å². The summed E-state index contributed by atoms with van der Waals surface area (Å²) in [7, 11) is 0. The summed E-state index contributed by atoms with van der Waals surface area (Å²) in [6.07, 6.45) is -0.259. The van der Waals surface area contributed by atoms with Crippen LogP contribution in [-0.4, -0.2) is 52.1 Å². The molecule has 0 aromatic rings. The Labute approximate surface area is 118 Å². The van der Waals surface area contributed by atoms with Crippen molar-refractivity contribution in [1.29, 1.82) is 0 Å². The fourth-order valence-corrected chi connectivity index (χ4v) is 2.60. The van der Waals surface area contributed by atoms with Gasteiger partial charge in [0.25, 0.3) is 0 Å². The van der Waals surface area contributed by atoms with Crippen LogP contribution >= 0.6 is 11.6 Å². The van der Waals surface area contributed by atoms with Gasteiger partial charge in [-0.25, -0.2) is 4.79 Å². The van der Waals surface area contributed by atoms with Crippen LogP contribution in [0.2, 0.25) is 0 Å². The number of carbonyl (C=O) groups excluding carboxylic acids is 1. The highest BCUT2D eigenvalue weighted by atomic mass is 35.5. The number of halogens is 1. The average Bonchev–Trinajstić information content (AvgIpc) is 2.57. The van der Waals surface area contributed by atoms with E-state index < -0.39 is 23.7 Å². The van der Waals surface area contributed by atoms with Crippen molar-refractivity contribution >= 4 is 23.5 Å². The predicted octanol–water partition coefficient (Wildman–Crippen LogP) is 1.73. The number of carboxylic acid groups (broad SMARTS) is 1. The number of likely N-dealkylation sites (tertiary alicyclic amines) is 1. The fraction of sp³-hybridized carbons (Fsp3) is 0.846. The number of rotatable bonds is 5. The molecular weight excluding hydrogens is 270 g/mol. The van der Waals surface area contributed by atoms with Crippen LogP contribution in [0, 0.1) is 5.92 Å². The number of amides is 1.